The number of hydrogen-bond donors (Lipinski definition) is 3. The highest BCUT2D eigenvalue weighted by molar-refractivity contribution is 5.94. The monoisotopic (exact) mass is 419 g/mol. The summed E-state index contributed by atoms with van der Waals surface area (Å²) in [5.74, 6) is -2.85. The second-order valence-corrected chi connectivity index (χ2v) is 8.61. The van der Waals surface area contributed by atoms with Crippen LogP contribution in [0, 0.1) is 17.6 Å². The van der Waals surface area contributed by atoms with Gasteiger partial charge in [-0.25, -0.2) is 13.6 Å². The van der Waals surface area contributed by atoms with E-state index in [-0.39, 0.29) is 22.6 Å². The molecule has 160 valence electrons. The van der Waals surface area contributed by atoms with Gasteiger partial charge in [-0.1, -0.05) is 0 Å². The maximum Gasteiger partial charge on any atom is 0.341 e. The zero-order valence-electron chi connectivity index (χ0n) is 16.3. The maximum atomic E-state index is 15.8. The fourth-order valence-corrected chi connectivity index (χ4v) is 4.74. The van der Waals surface area contributed by atoms with Gasteiger partial charge in [0.15, 0.2) is 5.82 Å². The first kappa shape index (κ1) is 19.4. The molecule has 1 aromatic heterocycles. The summed E-state index contributed by atoms with van der Waals surface area (Å²) < 4.78 is 32.4. The quantitative estimate of drug-likeness (QED) is 0.685. The number of nitrogens with one attached hydrogen (secondary N) is 1. The Hall–Kier alpha value is -2.52. The number of halogens is 2. The van der Waals surface area contributed by atoms with E-state index >= 15 is 8.78 Å². The normalized spacial score (nSPS) is 24.4. The third-order valence-electron chi connectivity index (χ3n) is 6.59. The van der Waals surface area contributed by atoms with Crippen LogP contribution in [0.5, 0.6) is 0 Å². The van der Waals surface area contributed by atoms with Crippen molar-refractivity contribution >= 4 is 22.6 Å². The van der Waals surface area contributed by atoms with E-state index in [0.29, 0.717) is 25.3 Å². The van der Waals surface area contributed by atoms with Gasteiger partial charge in [0.1, 0.15) is 17.1 Å². The van der Waals surface area contributed by atoms with E-state index in [1.807, 2.05) is 0 Å². The predicted octanol–water partition coefficient (Wildman–Crippen LogP) is 1.86. The van der Waals surface area contributed by atoms with Gasteiger partial charge in [0.2, 0.25) is 5.43 Å². The van der Waals surface area contributed by atoms with Crippen LogP contribution >= 0.6 is 0 Å². The summed E-state index contributed by atoms with van der Waals surface area (Å²) >= 11 is 0. The number of carboxylic acids is 1. The van der Waals surface area contributed by atoms with Crippen molar-refractivity contribution in [2.24, 2.45) is 5.92 Å². The molecule has 0 spiro atoms. The molecule has 1 aliphatic carbocycles. The van der Waals surface area contributed by atoms with Crippen LogP contribution in [0.1, 0.15) is 42.1 Å². The molecule has 1 aromatic carbocycles. The lowest BCUT2D eigenvalue weighted by Gasteiger charge is -2.35. The minimum Gasteiger partial charge on any atom is -0.477 e. The summed E-state index contributed by atoms with van der Waals surface area (Å²) in [6.07, 6.45) is 3.01. The van der Waals surface area contributed by atoms with Crippen molar-refractivity contribution in [2.75, 3.05) is 24.5 Å². The number of fused-ring (bicyclic) bond motifs is 1. The molecule has 9 heteroatoms. The first-order valence-corrected chi connectivity index (χ1v) is 10.3. The first-order valence-electron chi connectivity index (χ1n) is 10.3. The third-order valence-corrected chi connectivity index (χ3v) is 6.59. The van der Waals surface area contributed by atoms with Crippen LogP contribution in [-0.2, 0) is 0 Å². The highest BCUT2D eigenvalue weighted by Crippen LogP contribution is 2.41. The summed E-state index contributed by atoms with van der Waals surface area (Å²) in [5.41, 5.74) is -1.69. The van der Waals surface area contributed by atoms with Gasteiger partial charge in [-0.2, -0.15) is 0 Å². The Morgan fingerprint density at radius 1 is 1.23 bits per heavy atom. The lowest BCUT2D eigenvalue weighted by atomic mass is 9.92. The topological polar surface area (TPSA) is 94.8 Å². The van der Waals surface area contributed by atoms with E-state index in [9.17, 15) is 19.8 Å². The standard InChI is InChI=1S/C21H23F2N3O4/c22-14-6-12-18(26(11-1-2-11)9-13(20(12)28)21(29)30)17(23)19(14)25-4-3-16(27)15(25)5-10-7-24-8-10/h6,9-11,15-16,24,27H,1-5,7-8H2,(H,29,30). The highest BCUT2D eigenvalue weighted by atomic mass is 19.1. The van der Waals surface area contributed by atoms with Crippen LogP contribution in [0.4, 0.5) is 14.5 Å². The molecule has 0 amide bonds. The van der Waals surface area contributed by atoms with Crippen molar-refractivity contribution < 1.29 is 23.8 Å². The molecule has 0 bridgehead atoms. The zero-order valence-corrected chi connectivity index (χ0v) is 16.3. The van der Waals surface area contributed by atoms with Crippen LogP contribution in [-0.4, -0.2) is 52.5 Å². The summed E-state index contributed by atoms with van der Waals surface area (Å²) in [5, 5.41) is 22.7. The fourth-order valence-electron chi connectivity index (χ4n) is 4.74. The van der Waals surface area contributed by atoms with Crippen molar-refractivity contribution in [3.8, 4) is 0 Å². The number of anilines is 1. The molecular weight excluding hydrogens is 396 g/mol. The van der Waals surface area contributed by atoms with Gasteiger partial charge in [0.05, 0.1) is 23.0 Å². The third kappa shape index (κ3) is 2.99. The molecule has 1 saturated carbocycles. The molecule has 7 nitrogen and oxygen atoms in total. The Kier molecular flexibility index (Phi) is 4.55. The molecule has 3 fully saturated rings. The van der Waals surface area contributed by atoms with Gasteiger partial charge >= 0.3 is 5.97 Å². The second-order valence-electron chi connectivity index (χ2n) is 8.61. The molecule has 3 aliphatic rings. The number of carbonyl (C=O) groups is 1. The molecule has 2 aromatic rings. The lowest BCUT2D eigenvalue weighted by molar-refractivity contribution is 0.0694. The molecule has 3 heterocycles. The van der Waals surface area contributed by atoms with Crippen molar-refractivity contribution in [2.45, 2.75) is 43.9 Å². The number of pyridine rings is 1. The SMILES string of the molecule is O=C(O)c1cn(C2CC2)c2c(F)c(N3CCC(O)C3CC3CNC3)c(F)cc2c1=O. The van der Waals surface area contributed by atoms with Gasteiger partial charge in [0, 0.05) is 18.8 Å². The van der Waals surface area contributed by atoms with E-state index in [1.54, 1.807) is 4.90 Å². The Bertz CT molecular complexity index is 1090. The molecular formula is C21H23F2N3O4. The predicted molar refractivity (Wildman–Crippen MR) is 106 cm³/mol. The largest absolute Gasteiger partial charge is 0.477 e. The van der Waals surface area contributed by atoms with Gasteiger partial charge in [-0.3, -0.25) is 4.79 Å². The van der Waals surface area contributed by atoms with E-state index < -0.39 is 40.7 Å². The average molecular weight is 419 g/mol. The van der Waals surface area contributed by atoms with Crippen LogP contribution in [0.15, 0.2) is 17.1 Å². The van der Waals surface area contributed by atoms with Crippen LogP contribution in [0.3, 0.4) is 0 Å². The van der Waals surface area contributed by atoms with E-state index in [0.717, 1.165) is 32.0 Å². The van der Waals surface area contributed by atoms with E-state index in [1.165, 1.54) is 10.8 Å². The maximum absolute atomic E-state index is 15.8. The number of aliphatic hydroxyl groups excluding tert-OH is 1. The van der Waals surface area contributed by atoms with Crippen LogP contribution in [0.2, 0.25) is 0 Å². The van der Waals surface area contributed by atoms with Gasteiger partial charge in [0.25, 0.3) is 0 Å². The number of benzene rings is 1. The molecule has 2 saturated heterocycles. The number of aromatic carboxylic acids is 1. The number of rotatable bonds is 5. The van der Waals surface area contributed by atoms with Gasteiger partial charge in [-0.15, -0.1) is 0 Å². The number of nitrogens with zero attached hydrogens (tertiary/aromatic N) is 2. The van der Waals surface area contributed by atoms with Crippen molar-refractivity contribution in [1.82, 2.24) is 9.88 Å². The molecule has 30 heavy (non-hydrogen) atoms. The molecule has 0 radical (unpaired) electrons. The number of aromatic nitrogens is 1. The van der Waals surface area contributed by atoms with Crippen LogP contribution in [0.25, 0.3) is 10.9 Å². The zero-order chi connectivity index (χ0) is 21.2. The minimum atomic E-state index is -1.42. The summed E-state index contributed by atoms with van der Waals surface area (Å²) in [6, 6.07) is 0.437. The average Bonchev–Trinajstić information content (AvgIpc) is 3.44. The minimum absolute atomic E-state index is 0.0608. The van der Waals surface area contributed by atoms with Gasteiger partial charge in [-0.05, 0) is 50.8 Å². The summed E-state index contributed by atoms with van der Waals surface area (Å²) in [6.45, 7) is 1.95. The first-order chi connectivity index (χ1) is 14.4. The van der Waals surface area contributed by atoms with Crippen molar-refractivity contribution in [3.05, 3.63) is 39.7 Å². The van der Waals surface area contributed by atoms with Crippen molar-refractivity contribution in [1.29, 1.82) is 0 Å². The number of hydrogen-bond acceptors (Lipinski definition) is 5. The Labute approximate surface area is 170 Å². The lowest BCUT2D eigenvalue weighted by Crippen LogP contribution is -2.47. The number of aliphatic hydroxyl groups is 1. The summed E-state index contributed by atoms with van der Waals surface area (Å²) in [7, 11) is 0. The Morgan fingerprint density at radius 3 is 2.57 bits per heavy atom. The molecule has 2 unspecified atom stereocenters. The smallest absolute Gasteiger partial charge is 0.341 e. The fraction of sp³-hybridized carbons (Fsp3) is 0.524. The van der Waals surface area contributed by atoms with Crippen LogP contribution < -0.4 is 15.6 Å². The second kappa shape index (κ2) is 7.02. The Morgan fingerprint density at radius 2 is 1.97 bits per heavy atom. The summed E-state index contributed by atoms with van der Waals surface area (Å²) in [4.78, 5) is 25.7. The van der Waals surface area contributed by atoms with E-state index in [4.69, 9.17) is 0 Å². The van der Waals surface area contributed by atoms with Crippen molar-refractivity contribution in [3.63, 3.8) is 0 Å². The number of carboxylic acid groups (broad SMARTS) is 1. The molecule has 2 atom stereocenters. The van der Waals surface area contributed by atoms with E-state index in [2.05, 4.69) is 5.32 Å². The van der Waals surface area contributed by atoms with Gasteiger partial charge < -0.3 is 25.0 Å². The molecule has 5 rings (SSSR count). The molecule has 2 aliphatic heterocycles. The molecule has 3 N–H and O–H groups in total. The Balaban J connectivity index is 1.68. The highest BCUT2D eigenvalue weighted by Gasteiger charge is 2.39.